The molecule has 0 bridgehead atoms. The molecule has 0 fully saturated rings. The molecule has 130 heavy (non-hydrogen) atoms. The van der Waals surface area contributed by atoms with Crippen molar-refractivity contribution >= 4 is 96.5 Å². The van der Waals surface area contributed by atoms with Gasteiger partial charge in [-0.25, -0.2) is 22.0 Å². The highest BCUT2D eigenvalue weighted by atomic mass is 35.5. The van der Waals surface area contributed by atoms with Gasteiger partial charge in [-0.3, -0.25) is 49.9 Å². The van der Waals surface area contributed by atoms with Gasteiger partial charge >= 0.3 is 0 Å². The predicted octanol–water partition coefficient (Wildman–Crippen LogP) is 27.9. The number of benzene rings is 10. The molecule has 0 atom stereocenters. The average molecular weight is 1730 g/mol. The van der Waals surface area contributed by atoms with Gasteiger partial charge < -0.3 is 4.74 Å². The second-order valence-corrected chi connectivity index (χ2v) is 32.6. The van der Waals surface area contributed by atoms with Crippen LogP contribution in [0.2, 0.25) is 5.02 Å². The SMILES string of the molecule is CC(C)c1ccc(C2=NC(c3ccc(F)cc3)=C(c3ccncc3)C2)cc1.COc1cc(C2=NC(c3ccc(F)cc3)=C(c3ccncc3)C2)cc(Cl)c1C.Cc1ccc(C2=NC(c3ccc(F)cc3)=C(c3ccncc3)C2)cc1.Cc1ccc(C2=NC(c3ccc(F)cc3)=C(c3ccncc3)C2)cc1.Cc1ccc(C2=NC(c3ccc(F)cc3)=C(c3ccncc3)C2)cc1. The van der Waals surface area contributed by atoms with Crippen molar-refractivity contribution in [3.05, 3.63) is 499 Å². The number of nitrogens with zero attached hydrogens (tertiary/aromatic N) is 10. The maximum absolute atomic E-state index is 13.4. The van der Waals surface area contributed by atoms with Gasteiger partial charge in [0.1, 0.15) is 34.8 Å². The summed E-state index contributed by atoms with van der Waals surface area (Å²) >= 11 is 6.40. The number of halogens is 6. The van der Waals surface area contributed by atoms with Crippen LogP contribution in [-0.4, -0.2) is 60.6 Å². The van der Waals surface area contributed by atoms with E-state index in [0.29, 0.717) is 17.4 Å². The molecule has 5 aliphatic heterocycles. The molecule has 5 aliphatic rings. The Balaban J connectivity index is 0.000000119. The van der Waals surface area contributed by atoms with Crippen molar-refractivity contribution < 1.29 is 26.7 Å². The maximum Gasteiger partial charge on any atom is 0.123 e. The van der Waals surface area contributed by atoms with Crippen molar-refractivity contribution in [3.8, 4) is 5.75 Å². The van der Waals surface area contributed by atoms with Crippen LogP contribution in [-0.2, 0) is 0 Å². The van der Waals surface area contributed by atoms with Gasteiger partial charge in [-0.1, -0.05) is 139 Å². The molecule has 10 heterocycles. The first-order valence-corrected chi connectivity index (χ1v) is 43.2. The van der Waals surface area contributed by atoms with Crippen molar-refractivity contribution in [1.82, 2.24) is 24.9 Å². The van der Waals surface area contributed by atoms with E-state index in [2.05, 4.69) is 157 Å². The summed E-state index contributed by atoms with van der Waals surface area (Å²) in [5, 5.41) is 0.637. The summed E-state index contributed by atoms with van der Waals surface area (Å²) in [5.41, 5.74) is 36.4. The minimum atomic E-state index is -0.271. The van der Waals surface area contributed by atoms with Gasteiger partial charge in [0.25, 0.3) is 0 Å². The molecule has 0 spiro atoms. The van der Waals surface area contributed by atoms with Crippen LogP contribution >= 0.6 is 11.6 Å². The van der Waals surface area contributed by atoms with Crippen LogP contribution in [0.1, 0.15) is 163 Å². The molecule has 0 N–H and O–H groups in total. The van der Waals surface area contributed by atoms with E-state index in [4.69, 9.17) is 41.3 Å². The number of ether oxygens (including phenoxy) is 1. The summed E-state index contributed by atoms with van der Waals surface area (Å²) in [6.07, 6.45) is 21.5. The van der Waals surface area contributed by atoms with E-state index in [0.717, 1.165) is 205 Å². The Morgan fingerprint density at radius 1 is 0.246 bits per heavy atom. The number of hydrogen-bond acceptors (Lipinski definition) is 11. The number of hydrogen-bond donors (Lipinski definition) is 0. The molecule has 0 amide bonds. The first kappa shape index (κ1) is 88.2. The van der Waals surface area contributed by atoms with E-state index in [1.165, 1.54) is 82.9 Å². The summed E-state index contributed by atoms with van der Waals surface area (Å²) in [5.74, 6) is 0.000673. The fraction of sp³-hybridized carbons (Fsp3) is 0.115. The van der Waals surface area contributed by atoms with Gasteiger partial charge in [-0.2, -0.15) is 0 Å². The molecule has 640 valence electrons. The summed E-state index contributed by atoms with van der Waals surface area (Å²) < 4.78 is 72.2. The summed E-state index contributed by atoms with van der Waals surface area (Å²) in [4.78, 5) is 45.1. The summed E-state index contributed by atoms with van der Waals surface area (Å²) in [6.45, 7) is 12.5. The average Bonchev–Trinajstić information content (AvgIpc) is 1.64. The number of methoxy groups -OCH3 is 1. The lowest BCUT2D eigenvalue weighted by atomic mass is 9.95. The fourth-order valence-corrected chi connectivity index (χ4v) is 16.0. The predicted molar refractivity (Wildman–Crippen MR) is 520 cm³/mol. The van der Waals surface area contributed by atoms with Gasteiger partial charge in [0.15, 0.2) is 0 Å². The Hall–Kier alpha value is -15.3. The molecule has 0 aliphatic carbocycles. The second kappa shape index (κ2) is 41.0. The van der Waals surface area contributed by atoms with Crippen LogP contribution in [0.3, 0.4) is 0 Å². The summed E-state index contributed by atoms with van der Waals surface area (Å²) in [6, 6.07) is 90.1. The number of pyridine rings is 5. The Morgan fingerprint density at radius 3 is 0.654 bits per heavy atom. The van der Waals surface area contributed by atoms with Gasteiger partial charge in [-0.05, 0) is 311 Å². The van der Waals surface area contributed by atoms with E-state index in [-0.39, 0.29) is 29.1 Å². The molecular formula is C113H90ClF5N10O. The lowest BCUT2D eigenvalue weighted by Crippen LogP contribution is -2.00. The highest BCUT2D eigenvalue weighted by Gasteiger charge is 2.29. The van der Waals surface area contributed by atoms with E-state index in [1.807, 2.05) is 79.7 Å². The Bertz CT molecular complexity index is 6520. The van der Waals surface area contributed by atoms with E-state index in [9.17, 15) is 22.0 Å². The van der Waals surface area contributed by atoms with Crippen LogP contribution in [0.5, 0.6) is 5.75 Å². The highest BCUT2D eigenvalue weighted by Crippen LogP contribution is 2.44. The van der Waals surface area contributed by atoms with Gasteiger partial charge in [-0.15, -0.1) is 0 Å². The van der Waals surface area contributed by atoms with Crippen molar-refractivity contribution in [3.63, 3.8) is 0 Å². The molecule has 10 aromatic carbocycles. The van der Waals surface area contributed by atoms with E-state index in [1.54, 1.807) is 130 Å². The Kier molecular flexibility index (Phi) is 27.8. The maximum atomic E-state index is 13.4. The van der Waals surface area contributed by atoms with E-state index >= 15 is 0 Å². The van der Waals surface area contributed by atoms with Crippen LogP contribution in [0.4, 0.5) is 22.0 Å². The minimum Gasteiger partial charge on any atom is -0.496 e. The first-order valence-electron chi connectivity index (χ1n) is 42.8. The molecular weight excluding hydrogens is 1640 g/mol. The minimum absolute atomic E-state index is 0.240. The fourth-order valence-electron chi connectivity index (χ4n) is 15.8. The van der Waals surface area contributed by atoms with Crippen molar-refractivity contribution in [1.29, 1.82) is 0 Å². The molecule has 11 nitrogen and oxygen atoms in total. The smallest absolute Gasteiger partial charge is 0.123 e. The van der Waals surface area contributed by atoms with E-state index < -0.39 is 0 Å². The zero-order chi connectivity index (χ0) is 90.2. The molecule has 17 heteroatoms. The number of allylic oxidation sites excluding steroid dienone is 5. The Morgan fingerprint density at radius 2 is 0.446 bits per heavy atom. The molecule has 0 saturated carbocycles. The molecule has 5 aromatic heterocycles. The van der Waals surface area contributed by atoms with Gasteiger partial charge in [0.2, 0.25) is 0 Å². The first-order chi connectivity index (χ1) is 63.3. The zero-order valence-electron chi connectivity index (χ0n) is 72.7. The van der Waals surface area contributed by atoms with Gasteiger partial charge in [0.05, 0.1) is 64.2 Å². The largest absolute Gasteiger partial charge is 0.496 e. The third-order valence-electron chi connectivity index (χ3n) is 23.0. The molecule has 0 radical (unpaired) electrons. The van der Waals surface area contributed by atoms with Crippen LogP contribution < -0.4 is 4.74 Å². The number of aliphatic imine (C=N–C) groups is 5. The van der Waals surface area contributed by atoms with Crippen molar-refractivity contribution in [2.75, 3.05) is 7.11 Å². The van der Waals surface area contributed by atoms with Gasteiger partial charge in [0, 0.05) is 138 Å². The topological polar surface area (TPSA) is 135 Å². The zero-order valence-corrected chi connectivity index (χ0v) is 73.5. The van der Waals surface area contributed by atoms with Crippen LogP contribution in [0, 0.1) is 56.8 Å². The highest BCUT2D eigenvalue weighted by molar-refractivity contribution is 6.32. The summed E-state index contributed by atoms with van der Waals surface area (Å²) in [7, 11) is 1.63. The standard InChI is InChI=1S/C24H21FN2.C23H18ClFN2O.3C22H17FN2/c1-16(2)17-3-5-19(6-4-17)23-15-22(18-11-13-26-14-12-18)24(27-23)20-7-9-21(25)10-8-20;1-14-20(24)11-17(12-22(14)28-2)21-13-19(15-7-9-26-10-8-15)23(27-21)16-3-5-18(25)6-4-16;3*1-15-2-4-17(5-3-15)21-14-20(16-10-12-24-13-11-16)22(25-21)18-6-8-19(23)9-7-18/h3-14,16H,15H2,1-2H3;3-12H,13H2,1-2H3;3*2-13H,14H2,1H3. The Labute approximate surface area is 759 Å². The normalized spacial score (nSPS) is 13.9. The van der Waals surface area contributed by atoms with Crippen LogP contribution in [0.15, 0.2) is 378 Å². The monoisotopic (exact) mass is 1730 g/mol. The second-order valence-electron chi connectivity index (χ2n) is 32.2. The van der Waals surface area contributed by atoms with Crippen LogP contribution in [0.25, 0.3) is 56.4 Å². The number of aromatic nitrogens is 5. The number of rotatable bonds is 17. The number of aryl methyl sites for hydroxylation is 3. The lowest BCUT2D eigenvalue weighted by molar-refractivity contribution is 0.411. The van der Waals surface area contributed by atoms with Crippen molar-refractivity contribution in [2.45, 2.75) is 79.6 Å². The lowest BCUT2D eigenvalue weighted by Gasteiger charge is -2.10. The molecule has 20 rings (SSSR count). The molecule has 15 aromatic rings. The van der Waals surface area contributed by atoms with Crippen molar-refractivity contribution in [2.24, 2.45) is 25.0 Å². The molecule has 0 unspecified atom stereocenters. The quantitative estimate of drug-likeness (QED) is 0.0833. The third-order valence-corrected chi connectivity index (χ3v) is 23.4. The third kappa shape index (κ3) is 21.4. The molecule has 0 saturated heterocycles.